The molecule has 0 spiro atoms. The number of H-pyrrole nitrogens is 1. The predicted molar refractivity (Wildman–Crippen MR) is 110 cm³/mol. The Kier molecular flexibility index (Phi) is 4.02. The number of nitrogens with zero attached hydrogens (tertiary/aromatic N) is 2. The molecule has 2 aromatic heterocycles. The number of nitrogens with one attached hydrogen (secondary N) is 3. The largest absolute Gasteiger partial charge is 0.488 e. The van der Waals surface area contributed by atoms with E-state index in [1.165, 1.54) is 18.3 Å². The maximum atomic E-state index is 12.8. The molecular weight excluding hydrogens is 390 g/mol. The van der Waals surface area contributed by atoms with Gasteiger partial charge in [0.2, 0.25) is 5.91 Å². The highest BCUT2D eigenvalue weighted by Gasteiger charge is 2.26. The Morgan fingerprint density at radius 1 is 1.17 bits per heavy atom. The zero-order valence-electron chi connectivity index (χ0n) is 15.3. The summed E-state index contributed by atoms with van der Waals surface area (Å²) in [4.78, 5) is 28.4. The number of ether oxygens (including phenoxy) is 1. The number of carbonyl (C=O) groups is 2. The van der Waals surface area contributed by atoms with E-state index in [1.807, 2.05) is 30.3 Å². The highest BCUT2D eigenvalue weighted by Crippen LogP contribution is 2.37. The van der Waals surface area contributed by atoms with Crippen LogP contribution in [0.25, 0.3) is 21.5 Å². The molecule has 5 rings (SSSR count). The number of carbonyl (C=O) groups excluding carboxylic acids is 2. The van der Waals surface area contributed by atoms with Gasteiger partial charge >= 0.3 is 0 Å². The molecule has 8 nitrogen and oxygen atoms in total. The number of anilines is 2. The number of aromatic amines is 1. The highest BCUT2D eigenvalue weighted by atomic mass is 32.1. The van der Waals surface area contributed by atoms with Gasteiger partial charge < -0.3 is 15.4 Å². The topological polar surface area (TPSA) is 109 Å². The van der Waals surface area contributed by atoms with Crippen molar-refractivity contribution >= 4 is 44.2 Å². The molecule has 0 unspecified atom stereocenters. The number of amides is 2. The van der Waals surface area contributed by atoms with Crippen LogP contribution in [0.2, 0.25) is 0 Å². The summed E-state index contributed by atoms with van der Waals surface area (Å²) in [6, 6.07) is 13.0. The van der Waals surface area contributed by atoms with Crippen LogP contribution in [0.3, 0.4) is 0 Å². The minimum absolute atomic E-state index is 0.176. The molecular formula is C20H15N5O3S. The summed E-state index contributed by atoms with van der Waals surface area (Å²) < 4.78 is 6.62. The number of hydrogen-bond acceptors (Lipinski definition) is 6. The average molecular weight is 405 g/mol. The van der Waals surface area contributed by atoms with E-state index < -0.39 is 0 Å². The molecule has 1 aliphatic heterocycles. The van der Waals surface area contributed by atoms with Gasteiger partial charge in [0, 0.05) is 23.7 Å². The van der Waals surface area contributed by atoms with Crippen LogP contribution in [0.5, 0.6) is 5.75 Å². The zero-order chi connectivity index (χ0) is 20.0. The lowest BCUT2D eigenvalue weighted by Crippen LogP contribution is -2.16. The molecule has 0 saturated heterocycles. The van der Waals surface area contributed by atoms with Crippen molar-refractivity contribution in [3.05, 3.63) is 53.7 Å². The number of fused-ring (bicyclic) bond motifs is 4. The minimum atomic E-state index is -0.298. The number of para-hydroxylation sites is 1. The van der Waals surface area contributed by atoms with E-state index in [1.54, 1.807) is 12.1 Å². The summed E-state index contributed by atoms with van der Waals surface area (Å²) in [6.07, 6.45) is 0. The molecule has 0 aliphatic carbocycles. The molecule has 2 aromatic carbocycles. The molecule has 2 amide bonds. The first-order valence-electron chi connectivity index (χ1n) is 8.87. The van der Waals surface area contributed by atoms with E-state index in [2.05, 4.69) is 25.8 Å². The summed E-state index contributed by atoms with van der Waals surface area (Å²) in [7, 11) is 0. The molecule has 4 aromatic rings. The van der Waals surface area contributed by atoms with Gasteiger partial charge in [-0.2, -0.15) is 5.10 Å². The van der Waals surface area contributed by atoms with Crippen molar-refractivity contribution in [2.45, 2.75) is 13.5 Å². The Hall–Kier alpha value is -3.72. The van der Waals surface area contributed by atoms with Crippen LogP contribution >= 0.6 is 11.3 Å². The number of rotatable bonds is 3. The third-order valence-corrected chi connectivity index (χ3v) is 5.47. The highest BCUT2D eigenvalue weighted by molar-refractivity contribution is 7.22. The lowest BCUT2D eigenvalue weighted by molar-refractivity contribution is -0.114. The average Bonchev–Trinajstić information content (AvgIpc) is 3.30. The smallest absolute Gasteiger partial charge is 0.274 e. The standard InChI is InChI=1S/C20H15N5O3S/c1-10(26)21-20-23-14-7-6-11(8-16(14)29-20)22-19(27)18-13-9-28-15-5-3-2-4-12(15)17(13)24-25-18/h2-8H,9H2,1H3,(H,22,27)(H,24,25)(H,21,23,26). The second-order valence-electron chi connectivity index (χ2n) is 6.55. The third kappa shape index (κ3) is 3.11. The first-order chi connectivity index (χ1) is 14.1. The Labute approximate surface area is 168 Å². The van der Waals surface area contributed by atoms with E-state index in [4.69, 9.17) is 4.74 Å². The molecule has 29 heavy (non-hydrogen) atoms. The molecule has 0 bridgehead atoms. The number of thiazole rings is 1. The lowest BCUT2D eigenvalue weighted by atomic mass is 10.0. The van der Waals surface area contributed by atoms with Gasteiger partial charge in [-0.05, 0) is 30.3 Å². The van der Waals surface area contributed by atoms with Crippen molar-refractivity contribution in [1.29, 1.82) is 0 Å². The van der Waals surface area contributed by atoms with Gasteiger partial charge in [0.05, 0.1) is 10.2 Å². The normalized spacial score (nSPS) is 12.0. The molecule has 9 heteroatoms. The minimum Gasteiger partial charge on any atom is -0.488 e. The van der Waals surface area contributed by atoms with Crippen LogP contribution in [0, 0.1) is 0 Å². The summed E-state index contributed by atoms with van der Waals surface area (Å²) in [5.74, 6) is 0.280. The zero-order valence-corrected chi connectivity index (χ0v) is 16.1. The van der Waals surface area contributed by atoms with Crippen LogP contribution in [-0.2, 0) is 11.4 Å². The van der Waals surface area contributed by atoms with Crippen LogP contribution in [-0.4, -0.2) is 27.0 Å². The van der Waals surface area contributed by atoms with E-state index in [-0.39, 0.29) is 18.4 Å². The van der Waals surface area contributed by atoms with E-state index in [0.29, 0.717) is 16.5 Å². The van der Waals surface area contributed by atoms with Crippen LogP contribution in [0.4, 0.5) is 10.8 Å². The summed E-state index contributed by atoms with van der Waals surface area (Å²) in [5.41, 5.74) is 4.07. The van der Waals surface area contributed by atoms with Crippen LogP contribution < -0.4 is 15.4 Å². The lowest BCUT2D eigenvalue weighted by Gasteiger charge is -2.17. The van der Waals surface area contributed by atoms with Crippen LogP contribution in [0.15, 0.2) is 42.5 Å². The number of hydrogen-bond donors (Lipinski definition) is 3. The van der Waals surface area contributed by atoms with E-state index >= 15 is 0 Å². The second-order valence-corrected chi connectivity index (χ2v) is 7.58. The molecule has 0 fully saturated rings. The van der Waals surface area contributed by atoms with Crippen molar-refractivity contribution in [3.63, 3.8) is 0 Å². The van der Waals surface area contributed by atoms with Gasteiger partial charge in [0.25, 0.3) is 5.91 Å². The van der Waals surface area contributed by atoms with E-state index in [0.717, 1.165) is 32.8 Å². The predicted octanol–water partition coefficient (Wildman–Crippen LogP) is 3.79. The summed E-state index contributed by atoms with van der Waals surface area (Å²) in [5, 5.41) is 13.3. The Morgan fingerprint density at radius 3 is 2.90 bits per heavy atom. The maximum Gasteiger partial charge on any atom is 0.274 e. The van der Waals surface area contributed by atoms with Crippen molar-refractivity contribution in [3.8, 4) is 17.0 Å². The van der Waals surface area contributed by atoms with Crippen molar-refractivity contribution in [2.75, 3.05) is 10.6 Å². The molecule has 3 heterocycles. The Morgan fingerprint density at radius 2 is 2.03 bits per heavy atom. The molecule has 1 aliphatic rings. The first kappa shape index (κ1) is 17.4. The quantitative estimate of drug-likeness (QED) is 0.480. The van der Waals surface area contributed by atoms with Gasteiger partial charge in [-0.25, -0.2) is 4.98 Å². The SMILES string of the molecule is CC(=O)Nc1nc2ccc(NC(=O)c3[nH]nc4c3COc3ccccc3-4)cc2s1. The molecule has 0 saturated carbocycles. The number of benzene rings is 2. The Balaban J connectivity index is 1.41. The van der Waals surface area contributed by atoms with Gasteiger partial charge in [0.1, 0.15) is 23.7 Å². The van der Waals surface area contributed by atoms with Crippen LogP contribution in [0.1, 0.15) is 23.0 Å². The van der Waals surface area contributed by atoms with Gasteiger partial charge in [-0.15, -0.1) is 0 Å². The van der Waals surface area contributed by atoms with Crippen molar-refractivity contribution in [2.24, 2.45) is 0 Å². The Bertz CT molecular complexity index is 1280. The molecule has 0 radical (unpaired) electrons. The molecule has 144 valence electrons. The fraction of sp³-hybridized carbons (Fsp3) is 0.100. The van der Waals surface area contributed by atoms with Gasteiger partial charge in [-0.1, -0.05) is 23.5 Å². The number of aromatic nitrogens is 3. The maximum absolute atomic E-state index is 12.8. The second kappa shape index (κ2) is 6.71. The monoisotopic (exact) mass is 405 g/mol. The first-order valence-corrected chi connectivity index (χ1v) is 9.69. The van der Waals surface area contributed by atoms with Crippen molar-refractivity contribution in [1.82, 2.24) is 15.2 Å². The van der Waals surface area contributed by atoms with E-state index in [9.17, 15) is 9.59 Å². The van der Waals surface area contributed by atoms with Gasteiger partial charge in [-0.3, -0.25) is 14.7 Å². The summed E-state index contributed by atoms with van der Waals surface area (Å²) in [6.45, 7) is 1.71. The third-order valence-electron chi connectivity index (χ3n) is 4.54. The van der Waals surface area contributed by atoms with Crippen molar-refractivity contribution < 1.29 is 14.3 Å². The molecule has 0 atom stereocenters. The fourth-order valence-electron chi connectivity index (χ4n) is 3.25. The summed E-state index contributed by atoms with van der Waals surface area (Å²) >= 11 is 1.34. The van der Waals surface area contributed by atoms with Gasteiger partial charge in [0.15, 0.2) is 5.13 Å². The fourth-order valence-corrected chi connectivity index (χ4v) is 4.21. The molecule has 3 N–H and O–H groups in total.